The molecule has 3 rings (SSSR count). The fourth-order valence-corrected chi connectivity index (χ4v) is 3.10. The van der Waals surface area contributed by atoms with Gasteiger partial charge in [-0.2, -0.15) is 5.26 Å². The number of rotatable bonds is 3. The zero-order chi connectivity index (χ0) is 14.7. The van der Waals surface area contributed by atoms with Crippen molar-refractivity contribution >= 4 is 16.7 Å². The molecular weight excluding hydrogens is 262 g/mol. The molecule has 1 fully saturated rings. The minimum atomic E-state index is -0.334. The molecule has 0 saturated heterocycles. The number of hydrogen-bond donors (Lipinski definition) is 2. The summed E-state index contributed by atoms with van der Waals surface area (Å²) in [5.74, 6) is 0.590. The Labute approximate surface area is 124 Å². The molecule has 4 nitrogen and oxygen atoms in total. The van der Waals surface area contributed by atoms with Crippen molar-refractivity contribution in [2.24, 2.45) is 0 Å². The molecule has 1 saturated carbocycles. The van der Waals surface area contributed by atoms with Crippen LogP contribution in [0.4, 0.5) is 5.82 Å². The predicted molar refractivity (Wildman–Crippen MR) is 83.0 cm³/mol. The summed E-state index contributed by atoms with van der Waals surface area (Å²) in [6.45, 7) is 0.0758. The quantitative estimate of drug-likeness (QED) is 0.906. The molecule has 0 bridgehead atoms. The SMILES string of the molecule is N#Cc1cc2ccccc2nc1NC1(CO)CCCCC1. The molecule has 0 radical (unpaired) electrons. The third kappa shape index (κ3) is 2.70. The molecule has 2 N–H and O–H groups in total. The van der Waals surface area contributed by atoms with Gasteiger partial charge >= 0.3 is 0 Å². The third-order valence-electron chi connectivity index (χ3n) is 4.34. The van der Waals surface area contributed by atoms with Gasteiger partial charge in [-0.05, 0) is 25.0 Å². The second kappa shape index (κ2) is 5.71. The van der Waals surface area contributed by atoms with Crippen LogP contribution < -0.4 is 5.32 Å². The van der Waals surface area contributed by atoms with E-state index in [0.717, 1.165) is 36.6 Å². The Morgan fingerprint density at radius 3 is 2.71 bits per heavy atom. The molecule has 21 heavy (non-hydrogen) atoms. The molecule has 0 aliphatic heterocycles. The fraction of sp³-hybridized carbons (Fsp3) is 0.412. The third-order valence-corrected chi connectivity index (χ3v) is 4.34. The molecular formula is C17H19N3O. The zero-order valence-electron chi connectivity index (χ0n) is 12.0. The van der Waals surface area contributed by atoms with E-state index in [1.807, 2.05) is 30.3 Å². The first-order valence-corrected chi connectivity index (χ1v) is 7.45. The predicted octanol–water partition coefficient (Wildman–Crippen LogP) is 3.21. The largest absolute Gasteiger partial charge is 0.394 e. The van der Waals surface area contributed by atoms with Crippen molar-refractivity contribution in [3.63, 3.8) is 0 Å². The van der Waals surface area contributed by atoms with Crippen molar-refractivity contribution in [2.45, 2.75) is 37.6 Å². The maximum absolute atomic E-state index is 9.81. The number of hydrogen-bond acceptors (Lipinski definition) is 4. The molecule has 1 aliphatic carbocycles. The van der Waals surface area contributed by atoms with Gasteiger partial charge in [0.1, 0.15) is 11.9 Å². The van der Waals surface area contributed by atoms with Crippen molar-refractivity contribution in [1.29, 1.82) is 5.26 Å². The number of aromatic nitrogens is 1. The maximum Gasteiger partial charge on any atom is 0.145 e. The molecule has 0 unspecified atom stereocenters. The Balaban J connectivity index is 2.00. The first kappa shape index (κ1) is 13.8. The summed E-state index contributed by atoms with van der Waals surface area (Å²) in [5, 5.41) is 23.5. The van der Waals surface area contributed by atoms with Gasteiger partial charge in [0.2, 0.25) is 0 Å². The number of nitrogens with zero attached hydrogens (tertiary/aromatic N) is 2. The lowest BCUT2D eigenvalue weighted by atomic mass is 9.82. The highest BCUT2D eigenvalue weighted by Crippen LogP contribution is 2.32. The van der Waals surface area contributed by atoms with E-state index in [9.17, 15) is 10.4 Å². The number of aliphatic hydroxyl groups is 1. The van der Waals surface area contributed by atoms with Crippen molar-refractivity contribution in [2.75, 3.05) is 11.9 Å². The van der Waals surface area contributed by atoms with E-state index in [1.54, 1.807) is 0 Å². The number of nitriles is 1. The van der Waals surface area contributed by atoms with Crippen LogP contribution in [0.1, 0.15) is 37.7 Å². The van der Waals surface area contributed by atoms with Gasteiger partial charge < -0.3 is 10.4 Å². The summed E-state index contributed by atoms with van der Waals surface area (Å²) < 4.78 is 0. The molecule has 1 aliphatic rings. The lowest BCUT2D eigenvalue weighted by molar-refractivity contribution is 0.172. The van der Waals surface area contributed by atoms with Crippen LogP contribution in [0.3, 0.4) is 0 Å². The van der Waals surface area contributed by atoms with Crippen LogP contribution in [-0.4, -0.2) is 22.2 Å². The Hall–Kier alpha value is -2.12. The lowest BCUT2D eigenvalue weighted by Crippen LogP contribution is -2.44. The van der Waals surface area contributed by atoms with Crippen LogP contribution in [-0.2, 0) is 0 Å². The number of anilines is 1. The number of pyridine rings is 1. The summed E-state index contributed by atoms with van der Waals surface area (Å²) in [6, 6.07) is 11.8. The Bertz CT molecular complexity index is 684. The van der Waals surface area contributed by atoms with E-state index in [4.69, 9.17) is 0 Å². The molecule has 4 heteroatoms. The molecule has 0 spiro atoms. The molecule has 1 heterocycles. The summed E-state index contributed by atoms with van der Waals surface area (Å²) in [4.78, 5) is 4.59. The smallest absolute Gasteiger partial charge is 0.145 e. The minimum Gasteiger partial charge on any atom is -0.394 e. The summed E-state index contributed by atoms with van der Waals surface area (Å²) in [6.07, 6.45) is 5.25. The van der Waals surface area contributed by atoms with Crippen LogP contribution >= 0.6 is 0 Å². The van der Waals surface area contributed by atoms with E-state index in [2.05, 4.69) is 16.4 Å². The van der Waals surface area contributed by atoms with Gasteiger partial charge in [-0.15, -0.1) is 0 Å². The average molecular weight is 281 g/mol. The zero-order valence-corrected chi connectivity index (χ0v) is 12.0. The van der Waals surface area contributed by atoms with Gasteiger partial charge in [0.25, 0.3) is 0 Å². The van der Waals surface area contributed by atoms with Crippen LogP contribution in [0.5, 0.6) is 0 Å². The van der Waals surface area contributed by atoms with E-state index >= 15 is 0 Å². The second-order valence-electron chi connectivity index (χ2n) is 5.81. The molecule has 108 valence electrons. The van der Waals surface area contributed by atoms with Crippen LogP contribution in [0.2, 0.25) is 0 Å². The highest BCUT2D eigenvalue weighted by Gasteiger charge is 2.32. The summed E-state index contributed by atoms with van der Waals surface area (Å²) in [7, 11) is 0. The van der Waals surface area contributed by atoms with E-state index < -0.39 is 0 Å². The number of para-hydroxylation sites is 1. The first-order chi connectivity index (χ1) is 10.3. The minimum absolute atomic E-state index is 0.0758. The molecule has 1 aromatic carbocycles. The number of nitrogens with one attached hydrogen (secondary N) is 1. The van der Waals surface area contributed by atoms with Crippen LogP contribution in [0.15, 0.2) is 30.3 Å². The summed E-state index contributed by atoms with van der Waals surface area (Å²) in [5.41, 5.74) is 1.06. The normalized spacial score (nSPS) is 17.3. The number of benzene rings is 1. The molecule has 0 atom stereocenters. The lowest BCUT2D eigenvalue weighted by Gasteiger charge is -2.37. The van der Waals surface area contributed by atoms with Gasteiger partial charge in [0, 0.05) is 5.39 Å². The highest BCUT2D eigenvalue weighted by atomic mass is 16.3. The van der Waals surface area contributed by atoms with Crippen LogP contribution in [0.25, 0.3) is 10.9 Å². The van der Waals surface area contributed by atoms with Crippen LogP contribution in [0, 0.1) is 11.3 Å². The second-order valence-corrected chi connectivity index (χ2v) is 5.81. The maximum atomic E-state index is 9.81. The van der Waals surface area contributed by atoms with E-state index in [1.165, 1.54) is 6.42 Å². The monoisotopic (exact) mass is 281 g/mol. The van der Waals surface area contributed by atoms with E-state index in [-0.39, 0.29) is 12.1 Å². The molecule has 2 aromatic rings. The molecule has 1 aromatic heterocycles. The molecule has 0 amide bonds. The van der Waals surface area contributed by atoms with Crippen molar-refractivity contribution in [3.05, 3.63) is 35.9 Å². The highest BCUT2D eigenvalue weighted by molar-refractivity contribution is 5.82. The number of aliphatic hydroxyl groups excluding tert-OH is 1. The Kier molecular flexibility index (Phi) is 3.76. The van der Waals surface area contributed by atoms with Crippen molar-refractivity contribution in [3.8, 4) is 6.07 Å². The Morgan fingerprint density at radius 2 is 2.00 bits per heavy atom. The van der Waals surface area contributed by atoms with E-state index in [0.29, 0.717) is 11.4 Å². The number of fused-ring (bicyclic) bond motifs is 1. The average Bonchev–Trinajstić information content (AvgIpc) is 2.55. The first-order valence-electron chi connectivity index (χ1n) is 7.45. The van der Waals surface area contributed by atoms with Crippen molar-refractivity contribution < 1.29 is 5.11 Å². The fourth-order valence-electron chi connectivity index (χ4n) is 3.10. The Morgan fingerprint density at radius 1 is 1.24 bits per heavy atom. The topological polar surface area (TPSA) is 68.9 Å². The van der Waals surface area contributed by atoms with Gasteiger partial charge in [0.05, 0.1) is 23.2 Å². The van der Waals surface area contributed by atoms with Gasteiger partial charge in [-0.3, -0.25) is 0 Å². The standard InChI is InChI=1S/C17H19N3O/c18-11-14-10-13-6-2-3-7-15(13)19-16(14)20-17(12-21)8-4-1-5-9-17/h2-3,6-7,10,21H,1,4-5,8-9,12H2,(H,19,20). The van der Waals surface area contributed by atoms with Gasteiger partial charge in [-0.1, -0.05) is 37.5 Å². The van der Waals surface area contributed by atoms with Gasteiger partial charge in [-0.25, -0.2) is 4.98 Å². The van der Waals surface area contributed by atoms with Crippen molar-refractivity contribution in [1.82, 2.24) is 4.98 Å². The van der Waals surface area contributed by atoms with Gasteiger partial charge in [0.15, 0.2) is 0 Å². The summed E-state index contributed by atoms with van der Waals surface area (Å²) >= 11 is 0.